The molecule has 0 aliphatic heterocycles. The van der Waals surface area contributed by atoms with Crippen LogP contribution in [0, 0.1) is 27.7 Å². The minimum Gasteiger partial charge on any atom is -0.496 e. The van der Waals surface area contributed by atoms with Crippen molar-refractivity contribution in [2.45, 2.75) is 33.8 Å². The van der Waals surface area contributed by atoms with Gasteiger partial charge in [-0.2, -0.15) is 5.10 Å². The molecule has 1 atom stereocenters. The highest BCUT2D eigenvalue weighted by Gasteiger charge is 2.23. The standard InChI is InChI=1S/C16H22N2O2/c1-9-7-8-13(16(20-6)10(9)2)15(19)14-11(3)17-18(5)12(14)4/h7-8,15,19H,1-6H3. The predicted octanol–water partition coefficient (Wildman–Crippen LogP) is 2.74. The number of nitrogens with zero attached hydrogens (tertiary/aromatic N) is 2. The fourth-order valence-corrected chi connectivity index (χ4v) is 2.64. The molecular formula is C16H22N2O2. The van der Waals surface area contributed by atoms with Gasteiger partial charge in [0.1, 0.15) is 11.9 Å². The van der Waals surface area contributed by atoms with Crippen molar-refractivity contribution in [2.24, 2.45) is 7.05 Å². The van der Waals surface area contributed by atoms with Gasteiger partial charge in [-0.15, -0.1) is 0 Å². The normalized spacial score (nSPS) is 12.6. The van der Waals surface area contributed by atoms with Crippen LogP contribution in [0.25, 0.3) is 0 Å². The van der Waals surface area contributed by atoms with E-state index in [1.807, 2.05) is 46.9 Å². The summed E-state index contributed by atoms with van der Waals surface area (Å²) in [5, 5.41) is 15.1. The van der Waals surface area contributed by atoms with Gasteiger partial charge < -0.3 is 9.84 Å². The van der Waals surface area contributed by atoms with Gasteiger partial charge in [-0.1, -0.05) is 12.1 Å². The number of methoxy groups -OCH3 is 1. The molecule has 0 radical (unpaired) electrons. The third kappa shape index (κ3) is 2.20. The number of aliphatic hydroxyl groups is 1. The zero-order valence-electron chi connectivity index (χ0n) is 13.0. The van der Waals surface area contributed by atoms with E-state index in [0.717, 1.165) is 39.4 Å². The molecular weight excluding hydrogens is 252 g/mol. The summed E-state index contributed by atoms with van der Waals surface area (Å²) in [7, 11) is 3.52. The van der Waals surface area contributed by atoms with E-state index < -0.39 is 6.10 Å². The van der Waals surface area contributed by atoms with E-state index in [9.17, 15) is 5.11 Å². The molecule has 0 aliphatic rings. The lowest BCUT2D eigenvalue weighted by Crippen LogP contribution is -2.07. The number of aryl methyl sites for hydroxylation is 3. The van der Waals surface area contributed by atoms with Crippen molar-refractivity contribution in [3.8, 4) is 5.75 Å². The van der Waals surface area contributed by atoms with Crippen LogP contribution in [0.15, 0.2) is 12.1 Å². The summed E-state index contributed by atoms with van der Waals surface area (Å²) in [5.41, 5.74) is 5.66. The van der Waals surface area contributed by atoms with Crippen molar-refractivity contribution in [2.75, 3.05) is 7.11 Å². The molecule has 0 saturated heterocycles. The van der Waals surface area contributed by atoms with Crippen LogP contribution in [0.2, 0.25) is 0 Å². The van der Waals surface area contributed by atoms with Gasteiger partial charge in [0.25, 0.3) is 0 Å². The Balaban J connectivity index is 2.59. The van der Waals surface area contributed by atoms with E-state index in [1.165, 1.54) is 0 Å². The van der Waals surface area contributed by atoms with Gasteiger partial charge in [-0.05, 0) is 38.8 Å². The Morgan fingerprint density at radius 3 is 2.35 bits per heavy atom. The average molecular weight is 274 g/mol. The first-order valence-electron chi connectivity index (χ1n) is 6.70. The highest BCUT2D eigenvalue weighted by molar-refractivity contribution is 5.49. The molecule has 0 saturated carbocycles. The molecule has 1 unspecified atom stereocenters. The number of aromatic nitrogens is 2. The van der Waals surface area contributed by atoms with Crippen LogP contribution in [0.4, 0.5) is 0 Å². The first kappa shape index (κ1) is 14.6. The number of aliphatic hydroxyl groups excluding tert-OH is 1. The Morgan fingerprint density at radius 1 is 1.20 bits per heavy atom. The lowest BCUT2D eigenvalue weighted by atomic mass is 9.95. The first-order valence-corrected chi connectivity index (χ1v) is 6.70. The average Bonchev–Trinajstić information content (AvgIpc) is 2.65. The van der Waals surface area contributed by atoms with Crippen molar-refractivity contribution in [1.82, 2.24) is 9.78 Å². The Labute approximate surface area is 120 Å². The molecule has 0 fully saturated rings. The maximum absolute atomic E-state index is 10.8. The van der Waals surface area contributed by atoms with Gasteiger partial charge in [-0.25, -0.2) is 0 Å². The lowest BCUT2D eigenvalue weighted by Gasteiger charge is -2.18. The molecule has 0 aliphatic carbocycles. The lowest BCUT2D eigenvalue weighted by molar-refractivity contribution is 0.213. The third-order valence-corrected chi connectivity index (χ3v) is 4.04. The van der Waals surface area contributed by atoms with E-state index in [4.69, 9.17) is 4.74 Å². The highest BCUT2D eigenvalue weighted by atomic mass is 16.5. The summed E-state index contributed by atoms with van der Waals surface area (Å²) >= 11 is 0. The number of ether oxygens (including phenoxy) is 1. The van der Waals surface area contributed by atoms with Crippen LogP contribution < -0.4 is 4.74 Å². The summed E-state index contributed by atoms with van der Waals surface area (Å²) in [6, 6.07) is 3.94. The summed E-state index contributed by atoms with van der Waals surface area (Å²) in [6.07, 6.45) is -0.724. The molecule has 4 heteroatoms. The summed E-state index contributed by atoms with van der Waals surface area (Å²) in [5.74, 6) is 0.750. The van der Waals surface area contributed by atoms with E-state index >= 15 is 0 Å². The second kappa shape index (κ2) is 5.29. The van der Waals surface area contributed by atoms with Gasteiger partial charge in [0, 0.05) is 23.9 Å². The summed E-state index contributed by atoms with van der Waals surface area (Å²) in [4.78, 5) is 0. The summed E-state index contributed by atoms with van der Waals surface area (Å²) < 4.78 is 7.29. The SMILES string of the molecule is COc1c(C(O)c2c(C)nn(C)c2C)ccc(C)c1C. The molecule has 1 aromatic carbocycles. The van der Waals surface area contributed by atoms with Crippen LogP contribution >= 0.6 is 0 Å². The number of benzene rings is 1. The van der Waals surface area contributed by atoms with Crippen LogP contribution in [0.3, 0.4) is 0 Å². The molecule has 4 nitrogen and oxygen atoms in total. The van der Waals surface area contributed by atoms with Crippen LogP contribution in [0.5, 0.6) is 5.75 Å². The Hall–Kier alpha value is -1.81. The maximum Gasteiger partial charge on any atom is 0.128 e. The largest absolute Gasteiger partial charge is 0.496 e. The monoisotopic (exact) mass is 274 g/mol. The van der Waals surface area contributed by atoms with E-state index in [0.29, 0.717) is 0 Å². The fraction of sp³-hybridized carbons (Fsp3) is 0.438. The van der Waals surface area contributed by atoms with E-state index in [-0.39, 0.29) is 0 Å². The van der Waals surface area contributed by atoms with Crippen LogP contribution in [-0.4, -0.2) is 22.0 Å². The van der Waals surface area contributed by atoms with Gasteiger partial charge in [-0.3, -0.25) is 4.68 Å². The fourth-order valence-electron chi connectivity index (χ4n) is 2.64. The van der Waals surface area contributed by atoms with Gasteiger partial charge in [0.2, 0.25) is 0 Å². The van der Waals surface area contributed by atoms with Crippen molar-refractivity contribution in [3.05, 3.63) is 45.8 Å². The Morgan fingerprint density at radius 2 is 1.85 bits per heavy atom. The van der Waals surface area contributed by atoms with Crippen molar-refractivity contribution < 1.29 is 9.84 Å². The second-order valence-electron chi connectivity index (χ2n) is 5.24. The number of rotatable bonds is 3. The van der Waals surface area contributed by atoms with Crippen molar-refractivity contribution in [1.29, 1.82) is 0 Å². The minimum atomic E-state index is -0.724. The van der Waals surface area contributed by atoms with Crippen LogP contribution in [0.1, 0.15) is 39.7 Å². The van der Waals surface area contributed by atoms with Crippen LogP contribution in [-0.2, 0) is 7.05 Å². The molecule has 108 valence electrons. The third-order valence-electron chi connectivity index (χ3n) is 4.04. The molecule has 1 heterocycles. The zero-order chi connectivity index (χ0) is 15.0. The Kier molecular flexibility index (Phi) is 3.86. The number of hydrogen-bond donors (Lipinski definition) is 1. The van der Waals surface area contributed by atoms with Crippen molar-refractivity contribution in [3.63, 3.8) is 0 Å². The van der Waals surface area contributed by atoms with E-state index in [1.54, 1.807) is 11.8 Å². The topological polar surface area (TPSA) is 47.3 Å². The summed E-state index contributed by atoms with van der Waals surface area (Å²) in [6.45, 7) is 7.92. The number of hydrogen-bond acceptors (Lipinski definition) is 3. The van der Waals surface area contributed by atoms with Gasteiger partial charge >= 0.3 is 0 Å². The first-order chi connectivity index (χ1) is 9.38. The quantitative estimate of drug-likeness (QED) is 0.936. The van der Waals surface area contributed by atoms with Gasteiger partial charge in [0.15, 0.2) is 0 Å². The van der Waals surface area contributed by atoms with Crippen molar-refractivity contribution >= 4 is 0 Å². The molecule has 2 aromatic rings. The smallest absolute Gasteiger partial charge is 0.128 e. The second-order valence-corrected chi connectivity index (χ2v) is 5.24. The molecule has 1 N–H and O–H groups in total. The molecule has 2 rings (SSSR count). The molecule has 0 bridgehead atoms. The molecule has 0 spiro atoms. The predicted molar refractivity (Wildman–Crippen MR) is 79.2 cm³/mol. The molecule has 0 amide bonds. The van der Waals surface area contributed by atoms with E-state index in [2.05, 4.69) is 5.10 Å². The zero-order valence-corrected chi connectivity index (χ0v) is 13.0. The minimum absolute atomic E-state index is 0.724. The maximum atomic E-state index is 10.8. The highest BCUT2D eigenvalue weighted by Crippen LogP contribution is 2.36. The van der Waals surface area contributed by atoms with Gasteiger partial charge in [0.05, 0.1) is 12.8 Å². The molecule has 20 heavy (non-hydrogen) atoms. The Bertz CT molecular complexity index is 644. The molecule has 1 aromatic heterocycles.